The van der Waals surface area contributed by atoms with Crippen molar-refractivity contribution in [2.24, 2.45) is 0 Å². The second kappa shape index (κ2) is 6.89. The van der Waals surface area contributed by atoms with Crippen molar-refractivity contribution in [1.82, 2.24) is 4.98 Å². The number of aromatic nitrogens is 1. The fourth-order valence-electron chi connectivity index (χ4n) is 1.49. The van der Waals surface area contributed by atoms with Crippen LogP contribution in [0.1, 0.15) is 13.3 Å². The number of benzene rings is 1. The quantitative estimate of drug-likeness (QED) is 0.722. The number of halogens is 3. The van der Waals surface area contributed by atoms with Gasteiger partial charge in [-0.05, 0) is 18.6 Å². The van der Waals surface area contributed by atoms with Crippen molar-refractivity contribution >= 4 is 61.5 Å². The Morgan fingerprint density at radius 3 is 2.85 bits per heavy atom. The monoisotopic (exact) mass is 392 g/mol. The predicted octanol–water partition coefficient (Wildman–Crippen LogP) is 5.23. The summed E-state index contributed by atoms with van der Waals surface area (Å²) >= 11 is 16.5. The first-order chi connectivity index (χ1) is 9.51. The molecule has 0 saturated heterocycles. The average molecular weight is 394 g/mol. The number of alkyl halides is 1. The number of carbonyl (C=O) groups excluding carboxylic acids is 1. The molecule has 1 amide bonds. The maximum absolute atomic E-state index is 11.8. The molecule has 1 atom stereocenters. The molecule has 0 saturated carbocycles. The molecule has 0 fully saturated rings. The van der Waals surface area contributed by atoms with Crippen LogP contribution in [0.2, 0.25) is 10.0 Å². The first kappa shape index (κ1) is 15.8. The lowest BCUT2D eigenvalue weighted by atomic mass is 10.2. The second-order valence-corrected chi connectivity index (χ2v) is 6.81. The van der Waals surface area contributed by atoms with Gasteiger partial charge in [-0.3, -0.25) is 4.79 Å². The van der Waals surface area contributed by atoms with Crippen molar-refractivity contribution < 1.29 is 4.79 Å². The lowest BCUT2D eigenvalue weighted by Crippen LogP contribution is -2.21. The average Bonchev–Trinajstić information content (AvgIpc) is 2.89. The van der Waals surface area contributed by atoms with Gasteiger partial charge < -0.3 is 5.32 Å². The van der Waals surface area contributed by atoms with E-state index >= 15 is 0 Å². The number of hydrogen-bond acceptors (Lipinski definition) is 3. The lowest BCUT2D eigenvalue weighted by molar-refractivity contribution is -0.115. The van der Waals surface area contributed by atoms with Gasteiger partial charge in [-0.2, -0.15) is 0 Å². The van der Waals surface area contributed by atoms with Crippen molar-refractivity contribution in [2.75, 3.05) is 5.32 Å². The number of rotatable bonds is 4. The molecule has 106 valence electrons. The molecule has 0 aliphatic carbocycles. The Morgan fingerprint density at radius 1 is 1.45 bits per heavy atom. The van der Waals surface area contributed by atoms with Gasteiger partial charge in [0, 0.05) is 10.9 Å². The maximum atomic E-state index is 11.8. The molecule has 2 aromatic rings. The van der Waals surface area contributed by atoms with Gasteiger partial charge in [-0.25, -0.2) is 4.98 Å². The summed E-state index contributed by atoms with van der Waals surface area (Å²) in [7, 11) is 0. The van der Waals surface area contributed by atoms with Crippen molar-refractivity contribution in [3.63, 3.8) is 0 Å². The molecule has 0 aliphatic heterocycles. The zero-order chi connectivity index (χ0) is 14.7. The van der Waals surface area contributed by atoms with Gasteiger partial charge in [0.1, 0.15) is 0 Å². The van der Waals surface area contributed by atoms with Gasteiger partial charge >= 0.3 is 0 Å². The Bertz CT molecular complexity index is 633. The predicted molar refractivity (Wildman–Crippen MR) is 89.2 cm³/mol. The van der Waals surface area contributed by atoms with Crippen molar-refractivity contribution in [3.8, 4) is 11.3 Å². The Morgan fingerprint density at radius 2 is 2.20 bits per heavy atom. The van der Waals surface area contributed by atoms with E-state index in [1.165, 1.54) is 11.3 Å². The van der Waals surface area contributed by atoms with Gasteiger partial charge in [0.25, 0.3) is 0 Å². The third-order valence-corrected chi connectivity index (χ3v) is 5.15. The first-order valence-electron chi connectivity index (χ1n) is 5.87. The van der Waals surface area contributed by atoms with Crippen LogP contribution < -0.4 is 5.32 Å². The van der Waals surface area contributed by atoms with E-state index in [4.69, 9.17) is 23.2 Å². The summed E-state index contributed by atoms with van der Waals surface area (Å²) in [4.78, 5) is 15.9. The maximum Gasteiger partial charge on any atom is 0.239 e. The number of anilines is 1. The highest BCUT2D eigenvalue weighted by molar-refractivity contribution is 9.10. The van der Waals surface area contributed by atoms with E-state index in [1.807, 2.05) is 18.4 Å². The summed E-state index contributed by atoms with van der Waals surface area (Å²) in [5.41, 5.74) is 1.62. The number of hydrogen-bond donors (Lipinski definition) is 1. The Balaban J connectivity index is 2.16. The molecule has 1 N–H and O–H groups in total. The lowest BCUT2D eigenvalue weighted by Gasteiger charge is -2.05. The highest BCUT2D eigenvalue weighted by Gasteiger charge is 2.14. The molecule has 0 aliphatic rings. The minimum atomic E-state index is -0.208. The normalized spacial score (nSPS) is 12.2. The van der Waals surface area contributed by atoms with Gasteiger partial charge in [-0.15, -0.1) is 11.3 Å². The van der Waals surface area contributed by atoms with E-state index in [1.54, 1.807) is 12.1 Å². The Hall–Kier alpha value is -0.620. The van der Waals surface area contributed by atoms with E-state index in [0.29, 0.717) is 15.2 Å². The number of amides is 1. The number of nitrogens with one attached hydrogen (secondary N) is 1. The van der Waals surface area contributed by atoms with E-state index in [2.05, 4.69) is 26.2 Å². The van der Waals surface area contributed by atoms with E-state index in [9.17, 15) is 4.79 Å². The van der Waals surface area contributed by atoms with Crippen LogP contribution in [-0.2, 0) is 4.79 Å². The Labute approximate surface area is 139 Å². The summed E-state index contributed by atoms with van der Waals surface area (Å²) in [6.45, 7) is 1.93. The highest BCUT2D eigenvalue weighted by Crippen LogP contribution is 2.30. The van der Waals surface area contributed by atoms with Crippen LogP contribution in [0, 0.1) is 0 Å². The summed E-state index contributed by atoms with van der Waals surface area (Å²) in [6, 6.07) is 5.32. The van der Waals surface area contributed by atoms with E-state index in [-0.39, 0.29) is 10.7 Å². The third kappa shape index (κ3) is 3.73. The summed E-state index contributed by atoms with van der Waals surface area (Å²) in [5.74, 6) is -0.0949. The standard InChI is InChI=1S/C13H11BrCl2N2OS/c1-2-8(14)12(19)18-13-17-11(6-20-13)7-3-4-9(15)10(16)5-7/h3-6,8H,2H2,1H3,(H,17,18,19). The molecule has 1 heterocycles. The molecule has 0 spiro atoms. The molecule has 0 bridgehead atoms. The topological polar surface area (TPSA) is 42.0 Å². The molecule has 7 heteroatoms. The van der Waals surface area contributed by atoms with Crippen molar-refractivity contribution in [2.45, 2.75) is 18.2 Å². The van der Waals surface area contributed by atoms with Gasteiger partial charge in [0.15, 0.2) is 5.13 Å². The van der Waals surface area contributed by atoms with Crippen LogP contribution in [-0.4, -0.2) is 15.7 Å². The highest BCUT2D eigenvalue weighted by atomic mass is 79.9. The Kier molecular flexibility index (Phi) is 5.43. The zero-order valence-corrected chi connectivity index (χ0v) is 14.4. The number of carbonyl (C=O) groups is 1. The van der Waals surface area contributed by atoms with Crippen LogP contribution in [0.4, 0.5) is 5.13 Å². The molecule has 2 rings (SSSR count). The summed E-state index contributed by atoms with van der Waals surface area (Å²) < 4.78 is 0. The van der Waals surface area contributed by atoms with Crippen molar-refractivity contribution in [1.29, 1.82) is 0 Å². The van der Waals surface area contributed by atoms with Crippen molar-refractivity contribution in [3.05, 3.63) is 33.6 Å². The SMILES string of the molecule is CCC(Br)C(=O)Nc1nc(-c2ccc(Cl)c(Cl)c2)cs1. The molecule has 1 unspecified atom stereocenters. The molecule has 20 heavy (non-hydrogen) atoms. The molecular weight excluding hydrogens is 383 g/mol. The summed E-state index contributed by atoms with van der Waals surface area (Å²) in [6.07, 6.45) is 0.719. The minimum absolute atomic E-state index is 0.0949. The molecule has 0 radical (unpaired) electrons. The zero-order valence-electron chi connectivity index (χ0n) is 10.5. The first-order valence-corrected chi connectivity index (χ1v) is 8.42. The van der Waals surface area contributed by atoms with Crippen LogP contribution in [0.15, 0.2) is 23.6 Å². The second-order valence-electron chi connectivity index (χ2n) is 4.03. The van der Waals surface area contributed by atoms with E-state index < -0.39 is 0 Å². The van der Waals surface area contributed by atoms with Crippen LogP contribution in [0.5, 0.6) is 0 Å². The van der Waals surface area contributed by atoms with Gasteiger partial charge in [-0.1, -0.05) is 52.1 Å². The number of nitrogens with zero attached hydrogens (tertiary/aromatic N) is 1. The third-order valence-electron chi connectivity index (χ3n) is 2.59. The molecule has 1 aromatic carbocycles. The molecular formula is C13H11BrCl2N2OS. The minimum Gasteiger partial charge on any atom is -0.301 e. The van der Waals surface area contributed by atoms with E-state index in [0.717, 1.165) is 17.7 Å². The molecule has 3 nitrogen and oxygen atoms in total. The smallest absolute Gasteiger partial charge is 0.239 e. The number of thiazole rings is 1. The fraction of sp³-hybridized carbons (Fsp3) is 0.231. The van der Waals surface area contributed by atoms with Gasteiger partial charge in [0.05, 0.1) is 20.6 Å². The molecule has 1 aromatic heterocycles. The largest absolute Gasteiger partial charge is 0.301 e. The van der Waals surface area contributed by atoms with Gasteiger partial charge in [0.2, 0.25) is 5.91 Å². The van der Waals surface area contributed by atoms with Crippen LogP contribution >= 0.6 is 50.5 Å². The van der Waals surface area contributed by atoms with Crippen LogP contribution in [0.3, 0.4) is 0 Å². The fourth-order valence-corrected chi connectivity index (χ4v) is 2.62. The van der Waals surface area contributed by atoms with Crippen LogP contribution in [0.25, 0.3) is 11.3 Å². The summed E-state index contributed by atoms with van der Waals surface area (Å²) in [5, 5.41) is 6.19.